The maximum Gasteiger partial charge on any atom is 0.230 e. The average molecular weight is 316 g/mol. The lowest BCUT2D eigenvalue weighted by Crippen LogP contribution is -2.44. The summed E-state index contributed by atoms with van der Waals surface area (Å²) in [5.41, 5.74) is 0. The topological polar surface area (TPSA) is 104 Å². The number of imide groups is 1. The summed E-state index contributed by atoms with van der Waals surface area (Å²) in [5, 5.41) is 11.2. The van der Waals surface area contributed by atoms with Gasteiger partial charge in [-0.05, 0) is 6.42 Å². The molecule has 1 saturated heterocycles. The molecule has 7 nitrogen and oxygen atoms in total. The van der Waals surface area contributed by atoms with Crippen LogP contribution in [0.15, 0.2) is 0 Å². The third-order valence-corrected chi connectivity index (χ3v) is 3.92. The molecule has 0 radical (unpaired) electrons. The third-order valence-electron chi connectivity index (χ3n) is 2.93. The summed E-state index contributed by atoms with van der Waals surface area (Å²) in [6.07, 6.45) is 1.46. The van der Waals surface area contributed by atoms with Gasteiger partial charge in [-0.1, -0.05) is 0 Å². The Bertz CT molecular complexity index is 397. The van der Waals surface area contributed by atoms with E-state index in [9.17, 15) is 19.2 Å². The Hall–Kier alpha value is -1.41. The Morgan fingerprint density at radius 2 is 1.86 bits per heavy atom. The summed E-state index contributed by atoms with van der Waals surface area (Å²) in [5.74, 6) is -0.390. The number of aliphatic hydroxyl groups is 1. The molecule has 21 heavy (non-hydrogen) atoms. The molecule has 0 aromatic rings. The van der Waals surface area contributed by atoms with Crippen molar-refractivity contribution < 1.29 is 24.3 Å². The van der Waals surface area contributed by atoms with Gasteiger partial charge in [0.15, 0.2) is 0 Å². The molecule has 8 heteroatoms. The van der Waals surface area contributed by atoms with E-state index in [1.165, 1.54) is 16.7 Å². The zero-order valence-corrected chi connectivity index (χ0v) is 12.6. The largest absolute Gasteiger partial charge is 0.396 e. The Labute approximate surface area is 127 Å². The molecule has 1 rings (SSSR count). The maximum absolute atomic E-state index is 11.5. The molecule has 0 unspecified atom stereocenters. The average Bonchev–Trinajstić information content (AvgIpc) is 2.42. The van der Waals surface area contributed by atoms with Gasteiger partial charge in [-0.25, -0.2) is 0 Å². The van der Waals surface area contributed by atoms with Crippen LogP contribution >= 0.6 is 11.8 Å². The van der Waals surface area contributed by atoms with Gasteiger partial charge in [0.1, 0.15) is 5.78 Å². The van der Waals surface area contributed by atoms with Gasteiger partial charge in [0.05, 0.1) is 11.5 Å². The van der Waals surface area contributed by atoms with Gasteiger partial charge in [-0.15, -0.1) is 11.8 Å². The highest BCUT2D eigenvalue weighted by atomic mass is 32.2. The first-order valence-electron chi connectivity index (χ1n) is 6.84. The molecule has 0 spiro atoms. The molecule has 1 aliphatic heterocycles. The Morgan fingerprint density at radius 1 is 1.19 bits per heavy atom. The van der Waals surface area contributed by atoms with Gasteiger partial charge in [0.2, 0.25) is 17.7 Å². The van der Waals surface area contributed by atoms with Crippen LogP contribution in [-0.2, 0) is 19.2 Å². The number of nitrogens with zero attached hydrogens (tertiary/aromatic N) is 1. The summed E-state index contributed by atoms with van der Waals surface area (Å²) >= 11 is 1.18. The summed E-state index contributed by atoms with van der Waals surface area (Å²) in [4.78, 5) is 46.9. The highest BCUT2D eigenvalue weighted by molar-refractivity contribution is 8.00. The minimum atomic E-state index is -0.242. The molecular formula is C13H20N2O5S. The van der Waals surface area contributed by atoms with Gasteiger partial charge >= 0.3 is 0 Å². The second-order valence-corrected chi connectivity index (χ2v) is 5.63. The van der Waals surface area contributed by atoms with Crippen molar-refractivity contribution in [3.63, 3.8) is 0 Å². The number of hydrogen-bond donors (Lipinski definition) is 2. The SMILES string of the molecule is O=C(CCO)CSCC(=O)NCCN1C(=O)CCCC1=O. The van der Waals surface area contributed by atoms with E-state index in [0.29, 0.717) is 19.3 Å². The van der Waals surface area contributed by atoms with Crippen molar-refractivity contribution in [3.05, 3.63) is 0 Å². The number of piperidine rings is 1. The Morgan fingerprint density at radius 3 is 2.48 bits per heavy atom. The standard InChI is InChI=1S/C13H20N2O5S/c16-7-4-10(17)8-21-9-11(18)14-5-6-15-12(19)2-1-3-13(15)20/h16H,1-9H2,(H,14,18). The first-order chi connectivity index (χ1) is 10.0. The van der Waals surface area contributed by atoms with Crippen molar-refractivity contribution in [2.24, 2.45) is 0 Å². The fourth-order valence-corrected chi connectivity index (χ4v) is 2.62. The molecule has 0 saturated carbocycles. The second kappa shape index (κ2) is 9.51. The number of thioether (sulfide) groups is 1. The van der Waals surface area contributed by atoms with Crippen LogP contribution in [0, 0.1) is 0 Å². The van der Waals surface area contributed by atoms with Crippen molar-refractivity contribution in [3.8, 4) is 0 Å². The van der Waals surface area contributed by atoms with Gasteiger partial charge in [-0.2, -0.15) is 0 Å². The van der Waals surface area contributed by atoms with Crippen molar-refractivity contribution >= 4 is 35.3 Å². The van der Waals surface area contributed by atoms with Crippen LogP contribution in [0.25, 0.3) is 0 Å². The monoisotopic (exact) mass is 316 g/mol. The highest BCUT2D eigenvalue weighted by Crippen LogP contribution is 2.11. The first-order valence-corrected chi connectivity index (χ1v) is 8.00. The minimum absolute atomic E-state index is 0.0974. The van der Waals surface area contributed by atoms with E-state index in [4.69, 9.17) is 5.11 Å². The molecule has 0 bridgehead atoms. The number of amides is 3. The highest BCUT2D eigenvalue weighted by Gasteiger charge is 2.25. The first kappa shape index (κ1) is 17.6. The van der Waals surface area contributed by atoms with Crippen LogP contribution < -0.4 is 5.32 Å². The van der Waals surface area contributed by atoms with E-state index in [2.05, 4.69) is 5.32 Å². The predicted molar refractivity (Wildman–Crippen MR) is 77.6 cm³/mol. The predicted octanol–water partition coefficient (Wildman–Crippen LogP) is -0.674. The van der Waals surface area contributed by atoms with E-state index in [1.807, 2.05) is 0 Å². The number of hydrogen-bond acceptors (Lipinski definition) is 6. The zero-order chi connectivity index (χ0) is 15.7. The Kier molecular flexibility index (Phi) is 7.99. The van der Waals surface area contributed by atoms with Crippen LogP contribution in [0.2, 0.25) is 0 Å². The third kappa shape index (κ3) is 6.72. The molecule has 0 aromatic carbocycles. The molecule has 0 atom stereocenters. The quantitative estimate of drug-likeness (QED) is 0.547. The van der Waals surface area contributed by atoms with E-state index >= 15 is 0 Å². The smallest absolute Gasteiger partial charge is 0.230 e. The van der Waals surface area contributed by atoms with Gasteiger partial charge < -0.3 is 10.4 Å². The lowest BCUT2D eigenvalue weighted by molar-refractivity contribution is -0.148. The molecule has 1 fully saturated rings. The summed E-state index contributed by atoms with van der Waals surface area (Å²) in [6, 6.07) is 0. The van der Waals surface area contributed by atoms with E-state index in [0.717, 1.165) is 0 Å². The number of nitrogens with one attached hydrogen (secondary N) is 1. The number of Topliss-reactive ketones (excluding diaryl/α,β-unsaturated/α-hetero) is 1. The fourth-order valence-electron chi connectivity index (χ4n) is 1.86. The number of aliphatic hydroxyl groups excluding tert-OH is 1. The summed E-state index contributed by atoms with van der Waals surface area (Å²) in [7, 11) is 0. The molecule has 0 aliphatic carbocycles. The van der Waals surface area contributed by atoms with Crippen LogP contribution in [0.1, 0.15) is 25.7 Å². The van der Waals surface area contributed by atoms with Crippen molar-refractivity contribution in [1.29, 1.82) is 0 Å². The van der Waals surface area contributed by atoms with E-state index in [-0.39, 0.29) is 61.1 Å². The van der Waals surface area contributed by atoms with E-state index < -0.39 is 0 Å². The fraction of sp³-hybridized carbons (Fsp3) is 0.692. The molecule has 1 aliphatic rings. The maximum atomic E-state index is 11.5. The van der Waals surface area contributed by atoms with E-state index in [1.54, 1.807) is 0 Å². The lowest BCUT2D eigenvalue weighted by atomic mass is 10.1. The van der Waals surface area contributed by atoms with Crippen LogP contribution in [0.5, 0.6) is 0 Å². The van der Waals surface area contributed by atoms with Crippen LogP contribution in [0.3, 0.4) is 0 Å². The number of carbonyl (C=O) groups is 4. The van der Waals surface area contributed by atoms with Crippen molar-refractivity contribution in [2.75, 3.05) is 31.2 Å². The normalized spacial score (nSPS) is 15.2. The molecule has 2 N–H and O–H groups in total. The van der Waals surface area contributed by atoms with Gasteiger partial charge in [-0.3, -0.25) is 24.1 Å². The van der Waals surface area contributed by atoms with Gasteiger partial charge in [0, 0.05) is 39.0 Å². The molecular weight excluding hydrogens is 296 g/mol. The number of rotatable bonds is 9. The van der Waals surface area contributed by atoms with Crippen molar-refractivity contribution in [1.82, 2.24) is 10.2 Å². The van der Waals surface area contributed by atoms with Gasteiger partial charge in [0.25, 0.3) is 0 Å². The van der Waals surface area contributed by atoms with Crippen LogP contribution in [-0.4, -0.2) is 64.7 Å². The number of likely N-dealkylation sites (tertiary alicyclic amines) is 1. The lowest BCUT2D eigenvalue weighted by Gasteiger charge is -2.24. The van der Waals surface area contributed by atoms with Crippen molar-refractivity contribution in [2.45, 2.75) is 25.7 Å². The molecule has 1 heterocycles. The second-order valence-electron chi connectivity index (χ2n) is 4.65. The molecule has 118 valence electrons. The Balaban J connectivity index is 2.14. The molecule has 0 aromatic heterocycles. The zero-order valence-electron chi connectivity index (χ0n) is 11.8. The van der Waals surface area contributed by atoms with Crippen LogP contribution in [0.4, 0.5) is 0 Å². The number of ketones is 1. The summed E-state index contributed by atoms with van der Waals surface area (Å²) < 4.78 is 0. The summed E-state index contributed by atoms with van der Waals surface area (Å²) in [6.45, 7) is 0.239. The number of carbonyl (C=O) groups excluding carboxylic acids is 4. The molecule has 3 amide bonds. The minimum Gasteiger partial charge on any atom is -0.396 e.